The van der Waals surface area contributed by atoms with E-state index in [2.05, 4.69) is 71.6 Å². The lowest BCUT2D eigenvalue weighted by molar-refractivity contribution is 0.871. The Bertz CT molecular complexity index is 776. The summed E-state index contributed by atoms with van der Waals surface area (Å²) in [5.74, 6) is 0. The maximum Gasteiger partial charge on any atom is 0.0568 e. The largest absolute Gasteiger partial charge is 0.320 e. The van der Waals surface area contributed by atoms with E-state index < -0.39 is 0 Å². The summed E-state index contributed by atoms with van der Waals surface area (Å²) in [7, 11) is 0. The highest BCUT2D eigenvalue weighted by Crippen LogP contribution is 2.34. The van der Waals surface area contributed by atoms with E-state index >= 15 is 0 Å². The summed E-state index contributed by atoms with van der Waals surface area (Å²) >= 11 is 5.34. The van der Waals surface area contributed by atoms with Crippen molar-refractivity contribution in [3.63, 3.8) is 0 Å². The molecule has 3 rings (SSSR count). The third-order valence-electron chi connectivity index (χ3n) is 3.73. The van der Waals surface area contributed by atoms with Gasteiger partial charge in [-0.15, -0.1) is 11.3 Å². The molecule has 0 radical (unpaired) electrons. The Kier molecular flexibility index (Phi) is 3.67. The standard InChI is InChI=1S/C17H16BrNS/c1-10-8-15(18)11(2)7-13(10)17(19)14-9-20-16-6-4-3-5-12(14)16/h3-9,17H,19H2,1-2H3. The maximum absolute atomic E-state index is 6.54. The van der Waals surface area contributed by atoms with Crippen molar-refractivity contribution in [2.45, 2.75) is 19.9 Å². The van der Waals surface area contributed by atoms with Gasteiger partial charge in [0.1, 0.15) is 0 Å². The fraction of sp³-hybridized carbons (Fsp3) is 0.176. The number of nitrogens with two attached hydrogens (primary N) is 1. The van der Waals surface area contributed by atoms with E-state index in [1.54, 1.807) is 11.3 Å². The molecule has 0 aliphatic carbocycles. The van der Waals surface area contributed by atoms with Crippen LogP contribution < -0.4 is 5.73 Å². The Hall–Kier alpha value is -1.16. The molecule has 102 valence electrons. The first-order chi connectivity index (χ1) is 9.58. The van der Waals surface area contributed by atoms with E-state index in [4.69, 9.17) is 5.73 Å². The van der Waals surface area contributed by atoms with Gasteiger partial charge in [-0.3, -0.25) is 0 Å². The number of fused-ring (bicyclic) bond motifs is 1. The predicted molar refractivity (Wildman–Crippen MR) is 91.5 cm³/mol. The topological polar surface area (TPSA) is 26.0 Å². The van der Waals surface area contributed by atoms with Crippen LogP contribution in [-0.4, -0.2) is 0 Å². The van der Waals surface area contributed by atoms with Gasteiger partial charge in [-0.25, -0.2) is 0 Å². The summed E-state index contributed by atoms with van der Waals surface area (Å²) < 4.78 is 2.44. The van der Waals surface area contributed by atoms with Crippen LogP contribution in [0.2, 0.25) is 0 Å². The van der Waals surface area contributed by atoms with Crippen molar-refractivity contribution < 1.29 is 0 Å². The van der Waals surface area contributed by atoms with Gasteiger partial charge in [0.25, 0.3) is 0 Å². The van der Waals surface area contributed by atoms with E-state index in [1.807, 2.05) is 0 Å². The molecule has 0 fully saturated rings. The first-order valence-electron chi connectivity index (χ1n) is 6.56. The molecule has 0 aliphatic heterocycles. The first kappa shape index (κ1) is 13.8. The number of benzene rings is 2. The number of rotatable bonds is 2. The molecule has 0 aliphatic rings. The predicted octanol–water partition coefficient (Wildman–Crippen LogP) is 5.33. The third kappa shape index (κ3) is 2.30. The van der Waals surface area contributed by atoms with Crippen LogP contribution in [0, 0.1) is 13.8 Å². The molecule has 2 N–H and O–H groups in total. The molecule has 1 atom stereocenters. The Morgan fingerprint density at radius 2 is 1.80 bits per heavy atom. The van der Waals surface area contributed by atoms with Gasteiger partial charge in [-0.05, 0) is 59.0 Å². The van der Waals surface area contributed by atoms with Crippen molar-refractivity contribution in [3.05, 3.63) is 68.5 Å². The van der Waals surface area contributed by atoms with Gasteiger partial charge in [-0.2, -0.15) is 0 Å². The highest BCUT2D eigenvalue weighted by molar-refractivity contribution is 9.10. The van der Waals surface area contributed by atoms with Gasteiger partial charge in [0, 0.05) is 9.17 Å². The second kappa shape index (κ2) is 5.32. The minimum absolute atomic E-state index is 0.0713. The average Bonchev–Trinajstić information content (AvgIpc) is 2.86. The van der Waals surface area contributed by atoms with Crippen molar-refractivity contribution in [2.24, 2.45) is 5.73 Å². The van der Waals surface area contributed by atoms with Gasteiger partial charge < -0.3 is 5.73 Å². The Balaban J connectivity index is 2.13. The normalized spacial score (nSPS) is 12.8. The van der Waals surface area contributed by atoms with Crippen molar-refractivity contribution in [2.75, 3.05) is 0 Å². The van der Waals surface area contributed by atoms with Gasteiger partial charge in [0.2, 0.25) is 0 Å². The van der Waals surface area contributed by atoms with Crippen LogP contribution in [0.25, 0.3) is 10.1 Å². The number of halogens is 1. The van der Waals surface area contributed by atoms with Crippen LogP contribution in [-0.2, 0) is 0 Å². The minimum atomic E-state index is -0.0713. The molecule has 2 aromatic carbocycles. The Morgan fingerprint density at radius 3 is 2.60 bits per heavy atom. The summed E-state index contributed by atoms with van der Waals surface area (Å²) in [5, 5.41) is 3.46. The van der Waals surface area contributed by atoms with Crippen molar-refractivity contribution in [1.29, 1.82) is 0 Å². The highest BCUT2D eigenvalue weighted by atomic mass is 79.9. The van der Waals surface area contributed by atoms with E-state index in [0.29, 0.717) is 0 Å². The smallest absolute Gasteiger partial charge is 0.0568 e. The molecule has 0 saturated heterocycles. The summed E-state index contributed by atoms with van der Waals surface area (Å²) in [5.41, 5.74) is 11.4. The molecule has 0 bridgehead atoms. The molecule has 0 spiro atoms. The molecule has 20 heavy (non-hydrogen) atoms. The zero-order valence-corrected chi connectivity index (χ0v) is 13.9. The number of aryl methyl sites for hydroxylation is 2. The lowest BCUT2D eigenvalue weighted by atomic mass is 9.94. The lowest BCUT2D eigenvalue weighted by Gasteiger charge is -2.16. The number of hydrogen-bond acceptors (Lipinski definition) is 2. The summed E-state index contributed by atoms with van der Waals surface area (Å²) in [4.78, 5) is 0. The number of hydrogen-bond donors (Lipinski definition) is 1. The van der Waals surface area contributed by atoms with Crippen molar-refractivity contribution in [1.82, 2.24) is 0 Å². The van der Waals surface area contributed by atoms with Crippen molar-refractivity contribution >= 4 is 37.4 Å². The molecule has 1 aromatic heterocycles. The lowest BCUT2D eigenvalue weighted by Crippen LogP contribution is -2.13. The zero-order chi connectivity index (χ0) is 14.3. The molecule has 0 saturated carbocycles. The van der Waals surface area contributed by atoms with Gasteiger partial charge in [0.15, 0.2) is 0 Å². The summed E-state index contributed by atoms with van der Waals surface area (Å²) in [6, 6.07) is 12.7. The van der Waals surface area contributed by atoms with Gasteiger partial charge >= 0.3 is 0 Å². The van der Waals surface area contributed by atoms with E-state index in [-0.39, 0.29) is 6.04 Å². The van der Waals surface area contributed by atoms with Crippen LogP contribution in [0.15, 0.2) is 46.3 Å². The van der Waals surface area contributed by atoms with Crippen LogP contribution in [0.4, 0.5) is 0 Å². The van der Waals surface area contributed by atoms with Crippen LogP contribution >= 0.6 is 27.3 Å². The molecular formula is C17H16BrNS. The van der Waals surface area contributed by atoms with E-state index in [0.717, 1.165) is 4.47 Å². The molecule has 0 amide bonds. The molecule has 1 nitrogen and oxygen atoms in total. The molecular weight excluding hydrogens is 330 g/mol. The minimum Gasteiger partial charge on any atom is -0.320 e. The molecule has 3 aromatic rings. The Morgan fingerprint density at radius 1 is 1.05 bits per heavy atom. The fourth-order valence-electron chi connectivity index (χ4n) is 2.55. The van der Waals surface area contributed by atoms with Crippen molar-refractivity contribution in [3.8, 4) is 0 Å². The number of thiophene rings is 1. The molecule has 1 heterocycles. The maximum atomic E-state index is 6.54. The summed E-state index contributed by atoms with van der Waals surface area (Å²) in [6.07, 6.45) is 0. The average molecular weight is 346 g/mol. The second-order valence-corrected chi connectivity index (χ2v) is 6.89. The van der Waals surface area contributed by atoms with Crippen LogP contribution in [0.5, 0.6) is 0 Å². The summed E-state index contributed by atoms with van der Waals surface area (Å²) in [6.45, 7) is 4.22. The Labute approximate surface area is 131 Å². The SMILES string of the molecule is Cc1cc(C(N)c2csc3ccccc23)c(C)cc1Br. The third-order valence-corrected chi connectivity index (χ3v) is 5.56. The van der Waals surface area contributed by atoms with Crippen LogP contribution in [0.1, 0.15) is 28.3 Å². The quantitative estimate of drug-likeness (QED) is 0.667. The first-order valence-corrected chi connectivity index (χ1v) is 8.23. The second-order valence-electron chi connectivity index (χ2n) is 5.12. The fourth-order valence-corrected chi connectivity index (χ4v) is 4.00. The van der Waals surface area contributed by atoms with E-state index in [9.17, 15) is 0 Å². The molecule has 1 unspecified atom stereocenters. The highest BCUT2D eigenvalue weighted by Gasteiger charge is 2.16. The monoisotopic (exact) mass is 345 g/mol. The molecule has 3 heteroatoms. The van der Waals surface area contributed by atoms with Gasteiger partial charge in [0.05, 0.1) is 6.04 Å². The van der Waals surface area contributed by atoms with Gasteiger partial charge in [-0.1, -0.05) is 40.2 Å². The van der Waals surface area contributed by atoms with E-state index in [1.165, 1.54) is 32.3 Å². The zero-order valence-electron chi connectivity index (χ0n) is 11.5. The van der Waals surface area contributed by atoms with Crippen LogP contribution in [0.3, 0.4) is 0 Å².